The van der Waals surface area contributed by atoms with Gasteiger partial charge in [-0.1, -0.05) is 6.07 Å². The van der Waals surface area contributed by atoms with Gasteiger partial charge in [-0.3, -0.25) is 9.79 Å². The lowest BCUT2D eigenvalue weighted by molar-refractivity contribution is -0.116. The van der Waals surface area contributed by atoms with E-state index in [1.165, 1.54) is 0 Å². The van der Waals surface area contributed by atoms with E-state index in [1.54, 1.807) is 21.1 Å². The summed E-state index contributed by atoms with van der Waals surface area (Å²) in [6, 6.07) is 5.78. The molecule has 0 atom stereocenters. The molecule has 0 unspecified atom stereocenters. The molecule has 0 radical (unpaired) electrons. The highest BCUT2D eigenvalue weighted by atomic mass is 16.5. The molecular formula is C13H17NO2. The highest BCUT2D eigenvalue weighted by Gasteiger charge is 2.07. The molecule has 1 rings (SSSR count). The molecule has 0 amide bonds. The Morgan fingerprint density at radius 1 is 1.38 bits per heavy atom. The van der Waals surface area contributed by atoms with Crippen LogP contribution in [0.2, 0.25) is 0 Å². The Kier molecular flexibility index (Phi) is 4.23. The third-order valence-electron chi connectivity index (χ3n) is 2.44. The standard InChI is InChI=1S/C13H17NO2/c1-9(15)7-11-5-6-12(10(2)14-3)13(8-11)16-4/h5-6,8H,7H2,1-4H3. The first kappa shape index (κ1) is 12.4. The Morgan fingerprint density at radius 3 is 2.56 bits per heavy atom. The molecular weight excluding hydrogens is 202 g/mol. The monoisotopic (exact) mass is 219 g/mol. The van der Waals surface area contributed by atoms with E-state index < -0.39 is 0 Å². The second kappa shape index (κ2) is 5.45. The first-order valence-electron chi connectivity index (χ1n) is 5.18. The first-order chi connectivity index (χ1) is 7.58. The van der Waals surface area contributed by atoms with Crippen LogP contribution in [0.5, 0.6) is 5.75 Å². The third kappa shape index (κ3) is 2.92. The van der Waals surface area contributed by atoms with Gasteiger partial charge in [0.05, 0.1) is 7.11 Å². The topological polar surface area (TPSA) is 38.7 Å². The van der Waals surface area contributed by atoms with E-state index in [0.717, 1.165) is 22.6 Å². The number of carbonyl (C=O) groups is 1. The fourth-order valence-corrected chi connectivity index (χ4v) is 1.55. The van der Waals surface area contributed by atoms with Gasteiger partial charge in [-0.15, -0.1) is 0 Å². The molecule has 0 aliphatic rings. The van der Waals surface area contributed by atoms with Crippen LogP contribution in [-0.4, -0.2) is 25.7 Å². The molecule has 3 heteroatoms. The Balaban J connectivity index is 3.11. The molecule has 0 aliphatic carbocycles. The molecule has 16 heavy (non-hydrogen) atoms. The zero-order valence-corrected chi connectivity index (χ0v) is 10.2. The van der Waals surface area contributed by atoms with Gasteiger partial charge in [0.15, 0.2) is 0 Å². The Labute approximate surface area is 96.2 Å². The number of carbonyl (C=O) groups excluding carboxylic acids is 1. The molecule has 1 aromatic rings. The van der Waals surface area contributed by atoms with Gasteiger partial charge in [0.25, 0.3) is 0 Å². The van der Waals surface area contributed by atoms with E-state index in [0.29, 0.717) is 6.42 Å². The Bertz CT molecular complexity index is 422. The van der Waals surface area contributed by atoms with Crippen LogP contribution in [0.25, 0.3) is 0 Å². The molecule has 0 saturated heterocycles. The minimum atomic E-state index is 0.149. The van der Waals surface area contributed by atoms with Crippen LogP contribution in [0.1, 0.15) is 25.0 Å². The number of ether oxygens (including phenoxy) is 1. The Hall–Kier alpha value is -1.64. The van der Waals surface area contributed by atoms with Crippen LogP contribution in [0.3, 0.4) is 0 Å². The predicted molar refractivity (Wildman–Crippen MR) is 65.5 cm³/mol. The molecule has 3 nitrogen and oxygen atoms in total. The van der Waals surface area contributed by atoms with E-state index in [-0.39, 0.29) is 5.78 Å². The quantitative estimate of drug-likeness (QED) is 0.729. The highest BCUT2D eigenvalue weighted by Crippen LogP contribution is 2.21. The van der Waals surface area contributed by atoms with Crippen LogP contribution in [0.4, 0.5) is 0 Å². The normalized spacial score (nSPS) is 11.4. The summed E-state index contributed by atoms with van der Waals surface area (Å²) in [5, 5.41) is 0. The van der Waals surface area contributed by atoms with Crippen molar-refractivity contribution in [1.82, 2.24) is 0 Å². The lowest BCUT2D eigenvalue weighted by Crippen LogP contribution is -2.02. The third-order valence-corrected chi connectivity index (χ3v) is 2.44. The minimum Gasteiger partial charge on any atom is -0.496 e. The lowest BCUT2D eigenvalue weighted by atomic mass is 10.0. The van der Waals surface area contributed by atoms with E-state index >= 15 is 0 Å². The number of hydrogen-bond acceptors (Lipinski definition) is 3. The predicted octanol–water partition coefficient (Wildman–Crippen LogP) is 2.27. The molecule has 0 aliphatic heterocycles. The fraction of sp³-hybridized carbons (Fsp3) is 0.385. The molecule has 0 saturated carbocycles. The fourth-order valence-electron chi connectivity index (χ4n) is 1.55. The van der Waals surface area contributed by atoms with Crippen LogP contribution >= 0.6 is 0 Å². The molecule has 0 heterocycles. The molecule has 0 N–H and O–H groups in total. The maximum Gasteiger partial charge on any atom is 0.134 e. The number of hydrogen-bond donors (Lipinski definition) is 0. The highest BCUT2D eigenvalue weighted by molar-refractivity contribution is 6.01. The van der Waals surface area contributed by atoms with Gasteiger partial charge in [0.1, 0.15) is 11.5 Å². The summed E-state index contributed by atoms with van der Waals surface area (Å²) < 4.78 is 5.30. The summed E-state index contributed by atoms with van der Waals surface area (Å²) >= 11 is 0. The van der Waals surface area contributed by atoms with Crippen molar-refractivity contribution in [3.05, 3.63) is 29.3 Å². The summed E-state index contributed by atoms with van der Waals surface area (Å²) in [6.07, 6.45) is 0.443. The summed E-state index contributed by atoms with van der Waals surface area (Å²) in [5.41, 5.74) is 2.86. The van der Waals surface area contributed by atoms with Crippen LogP contribution in [0, 0.1) is 0 Å². The summed E-state index contributed by atoms with van der Waals surface area (Å²) in [6.45, 7) is 3.52. The van der Waals surface area contributed by atoms with Crippen molar-refractivity contribution in [2.24, 2.45) is 4.99 Å². The van der Waals surface area contributed by atoms with Gasteiger partial charge >= 0.3 is 0 Å². The number of benzene rings is 1. The summed E-state index contributed by atoms with van der Waals surface area (Å²) in [5.74, 6) is 0.914. The van der Waals surface area contributed by atoms with Crippen molar-refractivity contribution in [2.75, 3.05) is 14.2 Å². The molecule has 0 aromatic heterocycles. The summed E-state index contributed by atoms with van der Waals surface area (Å²) in [4.78, 5) is 15.2. The van der Waals surface area contributed by atoms with Crippen LogP contribution < -0.4 is 4.74 Å². The number of Topliss-reactive ketones (excluding diaryl/α,β-unsaturated/α-hetero) is 1. The van der Waals surface area contributed by atoms with Crippen molar-refractivity contribution in [1.29, 1.82) is 0 Å². The Morgan fingerprint density at radius 2 is 2.06 bits per heavy atom. The van der Waals surface area contributed by atoms with Crippen molar-refractivity contribution >= 4 is 11.5 Å². The molecule has 1 aromatic carbocycles. The van der Waals surface area contributed by atoms with Gasteiger partial charge < -0.3 is 4.74 Å². The van der Waals surface area contributed by atoms with Crippen LogP contribution in [0.15, 0.2) is 23.2 Å². The molecule has 0 spiro atoms. The summed E-state index contributed by atoms with van der Waals surface area (Å²) in [7, 11) is 3.37. The number of aliphatic imine (C=N–C) groups is 1. The smallest absolute Gasteiger partial charge is 0.134 e. The first-order valence-corrected chi connectivity index (χ1v) is 5.18. The van der Waals surface area contributed by atoms with Crippen molar-refractivity contribution in [2.45, 2.75) is 20.3 Å². The molecule has 0 fully saturated rings. The van der Waals surface area contributed by atoms with Crippen molar-refractivity contribution < 1.29 is 9.53 Å². The van der Waals surface area contributed by atoms with E-state index in [9.17, 15) is 4.79 Å². The van der Waals surface area contributed by atoms with Gasteiger partial charge in [0, 0.05) is 24.7 Å². The lowest BCUT2D eigenvalue weighted by Gasteiger charge is -2.09. The van der Waals surface area contributed by atoms with Gasteiger partial charge in [-0.2, -0.15) is 0 Å². The second-order valence-electron chi connectivity index (χ2n) is 3.72. The van der Waals surface area contributed by atoms with Gasteiger partial charge in [0.2, 0.25) is 0 Å². The maximum absolute atomic E-state index is 11.0. The number of nitrogens with zero attached hydrogens (tertiary/aromatic N) is 1. The number of rotatable bonds is 4. The zero-order valence-electron chi connectivity index (χ0n) is 10.2. The van der Waals surface area contributed by atoms with Crippen molar-refractivity contribution in [3.63, 3.8) is 0 Å². The molecule has 0 bridgehead atoms. The largest absolute Gasteiger partial charge is 0.496 e. The second-order valence-corrected chi connectivity index (χ2v) is 3.72. The number of methoxy groups -OCH3 is 1. The van der Waals surface area contributed by atoms with Gasteiger partial charge in [-0.25, -0.2) is 0 Å². The van der Waals surface area contributed by atoms with E-state index in [2.05, 4.69) is 4.99 Å². The van der Waals surface area contributed by atoms with Crippen molar-refractivity contribution in [3.8, 4) is 5.75 Å². The maximum atomic E-state index is 11.0. The van der Waals surface area contributed by atoms with E-state index in [4.69, 9.17) is 4.74 Å². The average molecular weight is 219 g/mol. The van der Waals surface area contributed by atoms with Crippen LogP contribution in [-0.2, 0) is 11.2 Å². The molecule has 86 valence electrons. The SMILES string of the molecule is CN=C(C)c1ccc(CC(C)=O)cc1OC. The number of ketones is 1. The van der Waals surface area contributed by atoms with Gasteiger partial charge in [-0.05, 0) is 31.5 Å². The zero-order chi connectivity index (χ0) is 12.1. The average Bonchev–Trinajstić information content (AvgIpc) is 2.27. The minimum absolute atomic E-state index is 0.149. The van der Waals surface area contributed by atoms with E-state index in [1.807, 2.05) is 25.1 Å².